The zero-order valence-corrected chi connectivity index (χ0v) is 23.7. The number of benzene rings is 2. The normalized spacial score (nSPS) is 27.1. The molecule has 4 rings (SSSR count). The monoisotopic (exact) mass is 562 g/mol. The molecule has 0 aromatic heterocycles. The Morgan fingerprint density at radius 2 is 1.84 bits per heavy atom. The predicted octanol–water partition coefficient (Wildman–Crippen LogP) is 7.86. The second-order valence-electron chi connectivity index (χ2n) is 12.0. The van der Waals surface area contributed by atoms with E-state index in [9.17, 15) is 10.1 Å². The Labute approximate surface area is 233 Å². The molecule has 4 unspecified atom stereocenters. The number of halogens is 4. The van der Waals surface area contributed by atoms with Crippen molar-refractivity contribution in [2.45, 2.75) is 95.2 Å². The van der Waals surface area contributed by atoms with Crippen molar-refractivity contribution in [1.29, 1.82) is 5.26 Å². The van der Waals surface area contributed by atoms with E-state index in [4.69, 9.17) is 27.9 Å². The molecule has 204 valence electrons. The van der Waals surface area contributed by atoms with Gasteiger partial charge in [0.15, 0.2) is 0 Å². The first kappa shape index (κ1) is 28.8. The van der Waals surface area contributed by atoms with E-state index in [0.717, 1.165) is 38.2 Å². The summed E-state index contributed by atoms with van der Waals surface area (Å²) in [6.07, 6.45) is 5.65. The molecule has 1 aliphatic carbocycles. The summed E-state index contributed by atoms with van der Waals surface area (Å²) in [5.41, 5.74) is -2.49. The van der Waals surface area contributed by atoms with Crippen molar-refractivity contribution in [3.63, 3.8) is 0 Å². The van der Waals surface area contributed by atoms with Gasteiger partial charge in [-0.1, -0.05) is 67.6 Å². The fourth-order valence-corrected chi connectivity index (χ4v) is 6.73. The fraction of sp³-hybridized carbons (Fsp3) is 0.533. The van der Waals surface area contributed by atoms with Gasteiger partial charge in [0.05, 0.1) is 11.1 Å². The molecule has 1 heterocycles. The SMILES string of the molecule is CC1(CC2NC(C(=O)OC(C)(C)C)C(c3cccc(Cl)c3F)C2(C#N)c2ccc(Cl)cc2F)CCCCC1. The van der Waals surface area contributed by atoms with Crippen LogP contribution in [0, 0.1) is 28.4 Å². The lowest BCUT2D eigenvalue weighted by atomic mass is 9.61. The first-order chi connectivity index (χ1) is 17.8. The molecule has 2 fully saturated rings. The van der Waals surface area contributed by atoms with Crippen LogP contribution in [0.2, 0.25) is 10.0 Å². The van der Waals surface area contributed by atoms with Crippen LogP contribution in [0.15, 0.2) is 36.4 Å². The summed E-state index contributed by atoms with van der Waals surface area (Å²) in [5, 5.41) is 14.4. The van der Waals surface area contributed by atoms with Gasteiger partial charge in [0, 0.05) is 22.5 Å². The number of rotatable bonds is 5. The first-order valence-electron chi connectivity index (χ1n) is 13.1. The molecule has 0 spiro atoms. The number of hydrogen-bond acceptors (Lipinski definition) is 4. The van der Waals surface area contributed by atoms with E-state index in [-0.39, 0.29) is 26.6 Å². The number of nitrogens with zero attached hydrogens (tertiary/aromatic N) is 1. The summed E-state index contributed by atoms with van der Waals surface area (Å²) in [6, 6.07) is 9.24. The van der Waals surface area contributed by atoms with Crippen LogP contribution in [0.1, 0.15) is 83.3 Å². The number of nitriles is 1. The van der Waals surface area contributed by atoms with Crippen molar-refractivity contribution in [2.24, 2.45) is 5.41 Å². The summed E-state index contributed by atoms with van der Waals surface area (Å²) in [5.74, 6) is -3.17. The molecule has 4 nitrogen and oxygen atoms in total. The van der Waals surface area contributed by atoms with Crippen LogP contribution in [0.5, 0.6) is 0 Å². The van der Waals surface area contributed by atoms with Crippen molar-refractivity contribution < 1.29 is 18.3 Å². The van der Waals surface area contributed by atoms with E-state index in [0.29, 0.717) is 6.42 Å². The van der Waals surface area contributed by atoms with E-state index < -0.39 is 46.6 Å². The number of nitrogens with one attached hydrogen (secondary N) is 1. The molecule has 2 aliphatic rings. The summed E-state index contributed by atoms with van der Waals surface area (Å²) < 4.78 is 37.2. The maximum atomic E-state index is 15.8. The molecular formula is C30H34Cl2F2N2O2. The third-order valence-electron chi connectivity index (χ3n) is 8.05. The minimum atomic E-state index is -1.65. The van der Waals surface area contributed by atoms with Gasteiger partial charge < -0.3 is 4.74 Å². The molecule has 1 aliphatic heterocycles. The fourth-order valence-electron chi connectivity index (χ4n) is 6.39. The Morgan fingerprint density at radius 3 is 2.45 bits per heavy atom. The lowest BCUT2D eigenvalue weighted by molar-refractivity contribution is -0.157. The Bertz CT molecular complexity index is 1250. The van der Waals surface area contributed by atoms with Gasteiger partial charge >= 0.3 is 5.97 Å². The maximum Gasteiger partial charge on any atom is 0.324 e. The molecule has 0 bridgehead atoms. The first-order valence-corrected chi connectivity index (χ1v) is 13.9. The molecule has 2 aromatic carbocycles. The van der Waals surface area contributed by atoms with Crippen LogP contribution in [0.25, 0.3) is 0 Å². The number of carbonyl (C=O) groups is 1. The standard InChI is InChI=1S/C30H34Cl2F2N2O2/c1-28(2,3)38-27(37)26-24(19-9-8-10-21(32)25(19)34)30(17-35,20-12-11-18(31)15-22(20)33)23(36-26)16-29(4)13-6-5-7-14-29/h8-12,15,23-24,26,36H,5-7,13-14,16H2,1-4H3. The van der Waals surface area contributed by atoms with E-state index in [1.807, 2.05) is 0 Å². The van der Waals surface area contributed by atoms with Gasteiger partial charge in [-0.25, -0.2) is 8.78 Å². The average molecular weight is 564 g/mol. The van der Waals surface area contributed by atoms with E-state index in [1.165, 1.54) is 24.3 Å². The molecule has 1 saturated heterocycles. The molecule has 2 aromatic rings. The molecule has 0 amide bonds. The van der Waals surface area contributed by atoms with Gasteiger partial charge in [-0.15, -0.1) is 0 Å². The van der Waals surface area contributed by atoms with Gasteiger partial charge in [-0.05, 0) is 69.2 Å². The second kappa shape index (κ2) is 10.8. The van der Waals surface area contributed by atoms with Crippen LogP contribution in [-0.4, -0.2) is 23.7 Å². The third kappa shape index (κ3) is 5.43. The molecule has 4 atom stereocenters. The summed E-state index contributed by atoms with van der Waals surface area (Å²) in [7, 11) is 0. The number of carbonyl (C=O) groups excluding carboxylic acids is 1. The Morgan fingerprint density at radius 1 is 1.16 bits per heavy atom. The van der Waals surface area contributed by atoms with Crippen LogP contribution in [0.4, 0.5) is 8.78 Å². The number of hydrogen-bond donors (Lipinski definition) is 1. The topological polar surface area (TPSA) is 62.1 Å². The molecule has 8 heteroatoms. The minimum absolute atomic E-state index is 0.0630. The van der Waals surface area contributed by atoms with Gasteiger partial charge in [-0.3, -0.25) is 10.1 Å². The maximum absolute atomic E-state index is 15.8. The molecule has 38 heavy (non-hydrogen) atoms. The summed E-state index contributed by atoms with van der Waals surface area (Å²) in [6.45, 7) is 7.40. The Balaban J connectivity index is 1.98. The largest absolute Gasteiger partial charge is 0.459 e. The zero-order valence-electron chi connectivity index (χ0n) is 22.2. The van der Waals surface area contributed by atoms with Gasteiger partial charge in [0.2, 0.25) is 0 Å². The highest BCUT2D eigenvalue weighted by molar-refractivity contribution is 6.31. The number of esters is 1. The predicted molar refractivity (Wildman–Crippen MR) is 145 cm³/mol. The molecule has 1 N–H and O–H groups in total. The van der Waals surface area contributed by atoms with E-state index in [2.05, 4.69) is 18.3 Å². The molecule has 0 radical (unpaired) electrons. The Hall–Kier alpha value is -2.20. The quantitative estimate of drug-likeness (QED) is 0.376. The van der Waals surface area contributed by atoms with E-state index >= 15 is 8.78 Å². The van der Waals surface area contributed by atoms with Gasteiger partial charge in [0.1, 0.15) is 28.7 Å². The lowest BCUT2D eigenvalue weighted by Gasteiger charge is -2.41. The summed E-state index contributed by atoms with van der Waals surface area (Å²) >= 11 is 12.3. The van der Waals surface area contributed by atoms with Gasteiger partial charge in [0.25, 0.3) is 0 Å². The van der Waals surface area contributed by atoms with Crippen LogP contribution in [0.3, 0.4) is 0 Å². The van der Waals surface area contributed by atoms with Crippen LogP contribution in [-0.2, 0) is 14.9 Å². The summed E-state index contributed by atoms with van der Waals surface area (Å²) in [4.78, 5) is 13.7. The highest BCUT2D eigenvalue weighted by Crippen LogP contribution is 2.54. The highest BCUT2D eigenvalue weighted by atomic mass is 35.5. The number of ether oxygens (including phenoxy) is 1. The minimum Gasteiger partial charge on any atom is -0.459 e. The van der Waals surface area contributed by atoms with Crippen molar-refractivity contribution in [3.05, 3.63) is 69.2 Å². The Kier molecular flexibility index (Phi) is 8.15. The van der Waals surface area contributed by atoms with Crippen molar-refractivity contribution in [3.8, 4) is 6.07 Å². The lowest BCUT2D eigenvalue weighted by Crippen LogP contribution is -2.46. The van der Waals surface area contributed by atoms with Crippen LogP contribution < -0.4 is 5.32 Å². The van der Waals surface area contributed by atoms with Crippen LogP contribution >= 0.6 is 23.2 Å². The molecular weight excluding hydrogens is 529 g/mol. The smallest absolute Gasteiger partial charge is 0.324 e. The average Bonchev–Trinajstić information content (AvgIpc) is 3.14. The van der Waals surface area contributed by atoms with Crippen molar-refractivity contribution in [1.82, 2.24) is 5.32 Å². The van der Waals surface area contributed by atoms with Crippen molar-refractivity contribution >= 4 is 29.2 Å². The zero-order chi connectivity index (χ0) is 27.9. The van der Waals surface area contributed by atoms with E-state index in [1.54, 1.807) is 26.8 Å². The second-order valence-corrected chi connectivity index (χ2v) is 12.9. The third-order valence-corrected chi connectivity index (χ3v) is 8.58. The molecule has 1 saturated carbocycles. The van der Waals surface area contributed by atoms with Gasteiger partial charge in [-0.2, -0.15) is 5.26 Å². The highest BCUT2D eigenvalue weighted by Gasteiger charge is 2.62. The van der Waals surface area contributed by atoms with Crippen molar-refractivity contribution in [2.75, 3.05) is 0 Å².